The van der Waals surface area contributed by atoms with Gasteiger partial charge < -0.3 is 4.90 Å². The molecule has 0 bridgehead atoms. The molecule has 0 aliphatic carbocycles. The third-order valence-corrected chi connectivity index (χ3v) is 9.34. The van der Waals surface area contributed by atoms with Gasteiger partial charge in [-0.1, -0.05) is 46.3 Å². The first-order chi connectivity index (χ1) is 18.6. The number of amides is 1. The van der Waals surface area contributed by atoms with E-state index < -0.39 is 10.0 Å². The summed E-state index contributed by atoms with van der Waals surface area (Å²) in [6.45, 7) is 2.38. The SMILES string of the molecule is CC(c1cccc(N2CCCS2(=O)=O)c1)N(C)C(=O)c1cc(/C=C/c2ccc(F)cc2)nc2ccc(Br)cc12. The molecule has 9 heteroatoms. The molecule has 4 aromatic rings. The highest BCUT2D eigenvalue weighted by Gasteiger charge is 2.29. The van der Waals surface area contributed by atoms with Crippen LogP contribution >= 0.6 is 15.9 Å². The molecule has 0 N–H and O–H groups in total. The summed E-state index contributed by atoms with van der Waals surface area (Å²) < 4.78 is 40.4. The Bertz CT molecular complexity index is 1690. The molecule has 1 saturated heterocycles. The summed E-state index contributed by atoms with van der Waals surface area (Å²) in [7, 11) is -1.57. The smallest absolute Gasteiger partial charge is 0.254 e. The van der Waals surface area contributed by atoms with Crippen LogP contribution in [0.15, 0.2) is 77.3 Å². The molecular formula is C30H27BrFN3O3S. The van der Waals surface area contributed by atoms with E-state index in [1.165, 1.54) is 16.4 Å². The maximum absolute atomic E-state index is 13.9. The summed E-state index contributed by atoms with van der Waals surface area (Å²) in [5, 5.41) is 0.712. The van der Waals surface area contributed by atoms with E-state index in [1.807, 2.05) is 49.4 Å². The fraction of sp³-hybridized carbons (Fsp3) is 0.200. The van der Waals surface area contributed by atoms with Gasteiger partial charge >= 0.3 is 0 Å². The summed E-state index contributed by atoms with van der Waals surface area (Å²) >= 11 is 3.50. The molecule has 6 nitrogen and oxygen atoms in total. The van der Waals surface area contributed by atoms with Crippen LogP contribution in [-0.4, -0.2) is 43.6 Å². The number of anilines is 1. The summed E-state index contributed by atoms with van der Waals surface area (Å²) in [6, 6.07) is 20.5. The van der Waals surface area contributed by atoms with Gasteiger partial charge in [-0.3, -0.25) is 9.10 Å². The van der Waals surface area contributed by atoms with E-state index in [-0.39, 0.29) is 23.5 Å². The fourth-order valence-electron chi connectivity index (χ4n) is 4.70. The van der Waals surface area contributed by atoms with Crippen LogP contribution in [0.1, 0.15) is 46.6 Å². The van der Waals surface area contributed by atoms with Gasteiger partial charge in [-0.05, 0) is 79.1 Å². The van der Waals surface area contributed by atoms with Crippen LogP contribution in [0.5, 0.6) is 0 Å². The highest BCUT2D eigenvalue weighted by atomic mass is 79.9. The Morgan fingerprint density at radius 1 is 1.08 bits per heavy atom. The van der Waals surface area contributed by atoms with E-state index in [1.54, 1.807) is 42.3 Å². The van der Waals surface area contributed by atoms with Crippen molar-refractivity contribution in [2.24, 2.45) is 0 Å². The second-order valence-electron chi connectivity index (χ2n) is 9.57. The Balaban J connectivity index is 1.48. The molecule has 1 unspecified atom stereocenters. The molecule has 1 aliphatic rings. The Kier molecular flexibility index (Phi) is 7.55. The van der Waals surface area contributed by atoms with Crippen molar-refractivity contribution in [3.63, 3.8) is 0 Å². The van der Waals surface area contributed by atoms with Crippen LogP contribution < -0.4 is 4.31 Å². The molecule has 0 spiro atoms. The largest absolute Gasteiger partial charge is 0.335 e. The number of rotatable bonds is 6. The van der Waals surface area contributed by atoms with Crippen molar-refractivity contribution in [1.29, 1.82) is 0 Å². The quantitative estimate of drug-likeness (QED) is 0.245. The number of aromatic nitrogens is 1. The molecule has 39 heavy (non-hydrogen) atoms. The minimum Gasteiger partial charge on any atom is -0.335 e. The maximum Gasteiger partial charge on any atom is 0.254 e. The number of pyridine rings is 1. The summed E-state index contributed by atoms with van der Waals surface area (Å²) in [5.74, 6) is -0.351. The van der Waals surface area contributed by atoms with Gasteiger partial charge in [0.1, 0.15) is 5.82 Å². The van der Waals surface area contributed by atoms with Crippen molar-refractivity contribution in [3.8, 4) is 0 Å². The summed E-state index contributed by atoms with van der Waals surface area (Å²) in [5.41, 5.74) is 4.02. The average molecular weight is 609 g/mol. The molecule has 1 aliphatic heterocycles. The number of carbonyl (C=O) groups is 1. The minimum atomic E-state index is -3.31. The predicted octanol–water partition coefficient (Wildman–Crippen LogP) is 6.68. The number of hydrogen-bond donors (Lipinski definition) is 0. The van der Waals surface area contributed by atoms with Crippen molar-refractivity contribution in [2.45, 2.75) is 19.4 Å². The fourth-order valence-corrected chi connectivity index (χ4v) is 6.61. The van der Waals surface area contributed by atoms with Crippen LogP contribution in [0.25, 0.3) is 23.1 Å². The lowest BCUT2D eigenvalue weighted by Gasteiger charge is -2.27. The molecule has 1 aromatic heterocycles. The van der Waals surface area contributed by atoms with E-state index in [0.29, 0.717) is 40.8 Å². The number of benzene rings is 3. The first kappa shape index (κ1) is 27.0. The lowest BCUT2D eigenvalue weighted by molar-refractivity contribution is 0.0744. The highest BCUT2D eigenvalue weighted by molar-refractivity contribution is 9.10. The van der Waals surface area contributed by atoms with Crippen LogP contribution in [0.3, 0.4) is 0 Å². The zero-order valence-corrected chi connectivity index (χ0v) is 23.9. The van der Waals surface area contributed by atoms with Crippen molar-refractivity contribution < 1.29 is 17.6 Å². The molecule has 1 atom stereocenters. The minimum absolute atomic E-state index is 0.147. The third kappa shape index (κ3) is 5.74. The van der Waals surface area contributed by atoms with E-state index in [4.69, 9.17) is 4.98 Å². The Morgan fingerprint density at radius 2 is 1.85 bits per heavy atom. The lowest BCUT2D eigenvalue weighted by atomic mass is 10.0. The number of nitrogens with zero attached hydrogens (tertiary/aromatic N) is 3. The summed E-state index contributed by atoms with van der Waals surface area (Å²) in [4.78, 5) is 20.3. The number of carbonyl (C=O) groups excluding carboxylic acids is 1. The molecule has 0 radical (unpaired) electrons. The Hall–Kier alpha value is -3.56. The van der Waals surface area contributed by atoms with Gasteiger partial charge in [-0.2, -0.15) is 0 Å². The molecular weight excluding hydrogens is 581 g/mol. The monoisotopic (exact) mass is 607 g/mol. The maximum atomic E-state index is 13.9. The van der Waals surface area contributed by atoms with Gasteiger partial charge in [0.2, 0.25) is 10.0 Å². The van der Waals surface area contributed by atoms with Crippen molar-refractivity contribution in [1.82, 2.24) is 9.88 Å². The molecule has 3 aromatic carbocycles. The molecule has 1 amide bonds. The molecule has 2 heterocycles. The number of hydrogen-bond acceptors (Lipinski definition) is 4. The zero-order chi connectivity index (χ0) is 27.7. The van der Waals surface area contributed by atoms with Gasteiger partial charge in [-0.25, -0.2) is 17.8 Å². The van der Waals surface area contributed by atoms with Crippen LogP contribution in [0.2, 0.25) is 0 Å². The average Bonchev–Trinajstić information content (AvgIpc) is 3.30. The van der Waals surface area contributed by atoms with Gasteiger partial charge in [0.25, 0.3) is 5.91 Å². The molecule has 5 rings (SSSR count). The number of sulfonamides is 1. The first-order valence-electron chi connectivity index (χ1n) is 12.5. The standard InChI is InChI=1S/C30H27BrFN3O3S/c1-20(22-5-3-6-26(17-22)35-15-4-16-39(35,37)38)34(2)30(36)28-19-25(13-9-21-7-11-24(32)12-8-21)33-29-14-10-23(31)18-27(28)29/h3,5-14,17-20H,4,15-16H2,1-2H3/b13-9+. The van der Waals surface area contributed by atoms with Gasteiger partial charge in [0.05, 0.1) is 34.3 Å². The van der Waals surface area contributed by atoms with Crippen LogP contribution in [-0.2, 0) is 10.0 Å². The van der Waals surface area contributed by atoms with E-state index in [0.717, 1.165) is 15.6 Å². The topological polar surface area (TPSA) is 70.6 Å². The van der Waals surface area contributed by atoms with E-state index in [9.17, 15) is 17.6 Å². The van der Waals surface area contributed by atoms with E-state index >= 15 is 0 Å². The lowest BCUT2D eigenvalue weighted by Crippen LogP contribution is -2.30. The molecule has 1 fully saturated rings. The van der Waals surface area contributed by atoms with Gasteiger partial charge in [0.15, 0.2) is 0 Å². The zero-order valence-electron chi connectivity index (χ0n) is 21.5. The normalized spacial score (nSPS) is 15.6. The number of halogens is 2. The predicted molar refractivity (Wildman–Crippen MR) is 157 cm³/mol. The molecule has 200 valence electrons. The Labute approximate surface area is 236 Å². The second-order valence-corrected chi connectivity index (χ2v) is 12.5. The van der Waals surface area contributed by atoms with Crippen molar-refractivity contribution in [3.05, 3.63) is 105 Å². The summed E-state index contributed by atoms with van der Waals surface area (Å²) in [6.07, 6.45) is 4.23. The first-order valence-corrected chi connectivity index (χ1v) is 14.9. The van der Waals surface area contributed by atoms with Crippen LogP contribution in [0.4, 0.5) is 10.1 Å². The molecule has 0 saturated carbocycles. The van der Waals surface area contributed by atoms with Gasteiger partial charge in [0, 0.05) is 23.5 Å². The number of fused-ring (bicyclic) bond motifs is 1. The third-order valence-electron chi connectivity index (χ3n) is 6.98. The second kappa shape index (κ2) is 10.9. The Morgan fingerprint density at radius 3 is 2.56 bits per heavy atom. The van der Waals surface area contributed by atoms with E-state index in [2.05, 4.69) is 15.9 Å². The van der Waals surface area contributed by atoms with Crippen molar-refractivity contribution >= 4 is 60.6 Å². The van der Waals surface area contributed by atoms with Crippen LogP contribution in [0, 0.1) is 5.82 Å². The van der Waals surface area contributed by atoms with Crippen molar-refractivity contribution in [2.75, 3.05) is 23.7 Å². The van der Waals surface area contributed by atoms with Gasteiger partial charge in [-0.15, -0.1) is 0 Å². The highest BCUT2D eigenvalue weighted by Crippen LogP contribution is 2.31.